The smallest absolute Gasteiger partial charge is 0.211 e. The number of nitrogens with zero attached hydrogens (tertiary/aromatic N) is 3. The summed E-state index contributed by atoms with van der Waals surface area (Å²) >= 11 is 0. The largest absolute Gasteiger partial charge is 0.367 e. The molecular formula is C13H20N4O2S. The highest BCUT2D eigenvalue weighted by Crippen LogP contribution is 2.28. The molecule has 0 spiro atoms. The molecule has 1 aromatic heterocycles. The molecule has 2 heterocycles. The molecule has 110 valence electrons. The third-order valence-corrected chi connectivity index (χ3v) is 5.10. The van der Waals surface area contributed by atoms with Crippen LogP contribution < -0.4 is 5.32 Å². The summed E-state index contributed by atoms with van der Waals surface area (Å²) in [6.45, 7) is 2.90. The van der Waals surface area contributed by atoms with E-state index < -0.39 is 10.0 Å². The number of hydrogen-bond acceptors (Lipinski definition) is 5. The Morgan fingerprint density at radius 2 is 1.90 bits per heavy atom. The van der Waals surface area contributed by atoms with Gasteiger partial charge in [-0.1, -0.05) is 0 Å². The van der Waals surface area contributed by atoms with Crippen LogP contribution in [0.4, 0.5) is 5.82 Å². The second-order valence-electron chi connectivity index (χ2n) is 5.63. The number of rotatable bonds is 3. The zero-order valence-corrected chi connectivity index (χ0v) is 12.7. The third-order valence-electron chi connectivity index (χ3n) is 3.80. The van der Waals surface area contributed by atoms with E-state index in [0.29, 0.717) is 32.0 Å². The van der Waals surface area contributed by atoms with Crippen molar-refractivity contribution in [2.45, 2.75) is 38.6 Å². The molecule has 1 aliphatic carbocycles. The topological polar surface area (TPSA) is 75.2 Å². The lowest BCUT2D eigenvalue weighted by atomic mass is 10.1. The fraction of sp³-hybridized carbons (Fsp3) is 0.692. The number of aromatic nitrogens is 2. The average Bonchev–Trinajstić information content (AvgIpc) is 3.13. The first-order valence-electron chi connectivity index (χ1n) is 7.01. The van der Waals surface area contributed by atoms with Crippen molar-refractivity contribution in [1.29, 1.82) is 0 Å². The van der Waals surface area contributed by atoms with Crippen LogP contribution in [0.1, 0.15) is 29.9 Å². The van der Waals surface area contributed by atoms with Crippen molar-refractivity contribution >= 4 is 15.8 Å². The zero-order chi connectivity index (χ0) is 14.3. The van der Waals surface area contributed by atoms with Crippen molar-refractivity contribution in [2.75, 3.05) is 24.7 Å². The minimum atomic E-state index is -3.14. The van der Waals surface area contributed by atoms with Crippen LogP contribution in [0.2, 0.25) is 0 Å². The molecule has 1 aromatic rings. The highest BCUT2D eigenvalue weighted by molar-refractivity contribution is 7.88. The highest BCUT2D eigenvalue weighted by Gasteiger charge is 2.27. The molecule has 7 heteroatoms. The van der Waals surface area contributed by atoms with Gasteiger partial charge in [-0.2, -0.15) is 0 Å². The van der Waals surface area contributed by atoms with Crippen molar-refractivity contribution in [3.63, 3.8) is 0 Å². The summed E-state index contributed by atoms with van der Waals surface area (Å²) in [7, 11) is -3.14. The van der Waals surface area contributed by atoms with E-state index in [1.807, 2.05) is 6.92 Å². The Morgan fingerprint density at radius 3 is 2.55 bits per heavy atom. The van der Waals surface area contributed by atoms with E-state index in [4.69, 9.17) is 0 Å². The summed E-state index contributed by atoms with van der Waals surface area (Å²) in [5.74, 6) is 1.66. The second kappa shape index (κ2) is 4.96. The van der Waals surface area contributed by atoms with Crippen molar-refractivity contribution in [2.24, 2.45) is 0 Å². The predicted molar refractivity (Wildman–Crippen MR) is 77.2 cm³/mol. The SMILES string of the molecule is Cc1nc2c(c(NC3CC3)n1)CCN(S(C)(=O)=O)CC2. The van der Waals surface area contributed by atoms with Gasteiger partial charge in [0.1, 0.15) is 11.6 Å². The molecule has 0 radical (unpaired) electrons. The monoisotopic (exact) mass is 296 g/mol. The summed E-state index contributed by atoms with van der Waals surface area (Å²) < 4.78 is 24.9. The molecule has 20 heavy (non-hydrogen) atoms. The van der Waals surface area contributed by atoms with Crippen LogP contribution in [-0.4, -0.2) is 48.1 Å². The fourth-order valence-electron chi connectivity index (χ4n) is 2.57. The molecule has 2 aliphatic rings. The normalized spacial score (nSPS) is 20.3. The van der Waals surface area contributed by atoms with Crippen LogP contribution >= 0.6 is 0 Å². The first kappa shape index (κ1) is 13.8. The van der Waals surface area contributed by atoms with Crippen LogP contribution in [0.5, 0.6) is 0 Å². The molecule has 1 saturated carbocycles. The van der Waals surface area contributed by atoms with Crippen molar-refractivity contribution in [1.82, 2.24) is 14.3 Å². The number of hydrogen-bond donors (Lipinski definition) is 1. The maximum atomic E-state index is 11.7. The molecule has 1 fully saturated rings. The van der Waals surface area contributed by atoms with E-state index in [2.05, 4.69) is 15.3 Å². The van der Waals surface area contributed by atoms with Crippen LogP contribution in [0.25, 0.3) is 0 Å². The van der Waals surface area contributed by atoms with E-state index in [1.165, 1.54) is 23.4 Å². The second-order valence-corrected chi connectivity index (χ2v) is 7.61. The van der Waals surface area contributed by atoms with E-state index in [0.717, 1.165) is 22.9 Å². The minimum absolute atomic E-state index is 0.505. The predicted octanol–water partition coefficient (Wildman–Crippen LogP) is 0.720. The standard InChI is InChI=1S/C13H20N4O2S/c1-9-14-12-6-8-17(20(2,18)19)7-5-11(12)13(15-9)16-10-3-4-10/h10H,3-8H2,1-2H3,(H,14,15,16). The quantitative estimate of drug-likeness (QED) is 0.889. The van der Waals surface area contributed by atoms with Crippen LogP contribution in [0.15, 0.2) is 0 Å². The van der Waals surface area contributed by atoms with Crippen molar-refractivity contribution in [3.05, 3.63) is 17.1 Å². The fourth-order valence-corrected chi connectivity index (χ4v) is 3.42. The van der Waals surface area contributed by atoms with Crippen LogP contribution in [0.3, 0.4) is 0 Å². The molecule has 0 atom stereocenters. The Kier molecular flexibility index (Phi) is 3.41. The number of anilines is 1. The number of aryl methyl sites for hydroxylation is 1. The van der Waals surface area contributed by atoms with Gasteiger partial charge in [0.05, 0.1) is 11.9 Å². The number of nitrogens with one attached hydrogen (secondary N) is 1. The van der Waals surface area contributed by atoms with E-state index in [1.54, 1.807) is 0 Å². The Morgan fingerprint density at radius 1 is 1.20 bits per heavy atom. The molecule has 0 bridgehead atoms. The lowest BCUT2D eigenvalue weighted by Crippen LogP contribution is -2.32. The summed E-state index contributed by atoms with van der Waals surface area (Å²) in [6.07, 6.45) is 4.98. The Hall–Kier alpha value is -1.21. The van der Waals surface area contributed by atoms with Gasteiger partial charge in [-0.3, -0.25) is 0 Å². The molecular weight excluding hydrogens is 276 g/mol. The number of sulfonamides is 1. The molecule has 6 nitrogen and oxygen atoms in total. The summed E-state index contributed by atoms with van der Waals surface area (Å²) in [5, 5.41) is 3.45. The average molecular weight is 296 g/mol. The zero-order valence-electron chi connectivity index (χ0n) is 11.9. The maximum Gasteiger partial charge on any atom is 0.211 e. The molecule has 1 aliphatic heterocycles. The van der Waals surface area contributed by atoms with E-state index >= 15 is 0 Å². The molecule has 0 unspecified atom stereocenters. The summed E-state index contributed by atoms with van der Waals surface area (Å²) in [5.41, 5.74) is 2.08. The van der Waals surface area contributed by atoms with Crippen LogP contribution in [0, 0.1) is 6.92 Å². The number of fused-ring (bicyclic) bond motifs is 1. The van der Waals surface area contributed by atoms with Crippen LogP contribution in [-0.2, 0) is 22.9 Å². The molecule has 3 rings (SSSR count). The molecule has 0 saturated heterocycles. The Balaban J connectivity index is 1.90. The van der Waals surface area contributed by atoms with Gasteiger partial charge in [0.25, 0.3) is 0 Å². The highest BCUT2D eigenvalue weighted by atomic mass is 32.2. The summed E-state index contributed by atoms with van der Waals surface area (Å²) in [6, 6.07) is 0.530. The molecule has 0 aromatic carbocycles. The summed E-state index contributed by atoms with van der Waals surface area (Å²) in [4.78, 5) is 9.01. The van der Waals surface area contributed by atoms with Crippen molar-refractivity contribution in [3.8, 4) is 0 Å². The van der Waals surface area contributed by atoms with E-state index in [9.17, 15) is 8.42 Å². The Labute approximate surface area is 119 Å². The van der Waals surface area contributed by atoms with Gasteiger partial charge in [-0.05, 0) is 26.2 Å². The van der Waals surface area contributed by atoms with Gasteiger partial charge < -0.3 is 5.32 Å². The van der Waals surface area contributed by atoms with Gasteiger partial charge in [0.15, 0.2) is 0 Å². The van der Waals surface area contributed by atoms with Gasteiger partial charge in [-0.25, -0.2) is 22.7 Å². The lowest BCUT2D eigenvalue weighted by molar-refractivity contribution is 0.430. The molecule has 1 N–H and O–H groups in total. The van der Waals surface area contributed by atoms with Gasteiger partial charge >= 0.3 is 0 Å². The van der Waals surface area contributed by atoms with E-state index in [-0.39, 0.29) is 0 Å². The Bertz CT molecular complexity index is 626. The van der Waals surface area contributed by atoms with Gasteiger partial charge in [-0.15, -0.1) is 0 Å². The first-order chi connectivity index (χ1) is 9.43. The first-order valence-corrected chi connectivity index (χ1v) is 8.86. The molecule has 0 amide bonds. The minimum Gasteiger partial charge on any atom is -0.367 e. The van der Waals surface area contributed by atoms with Crippen molar-refractivity contribution < 1.29 is 8.42 Å². The third kappa shape index (κ3) is 2.93. The maximum absolute atomic E-state index is 11.7. The van der Waals surface area contributed by atoms with Gasteiger partial charge in [0, 0.05) is 31.1 Å². The van der Waals surface area contributed by atoms with Gasteiger partial charge in [0.2, 0.25) is 10.0 Å². The lowest BCUT2D eigenvalue weighted by Gasteiger charge is -2.16.